The van der Waals surface area contributed by atoms with Gasteiger partial charge in [0.05, 0.1) is 6.54 Å². The van der Waals surface area contributed by atoms with Gasteiger partial charge >= 0.3 is 6.18 Å². The Morgan fingerprint density at radius 3 is 2.29 bits per heavy atom. The minimum atomic E-state index is -4.48. The molecule has 0 saturated carbocycles. The van der Waals surface area contributed by atoms with E-state index in [2.05, 4.69) is 10.6 Å². The monoisotopic (exact) mass is 336 g/mol. The summed E-state index contributed by atoms with van der Waals surface area (Å²) >= 11 is 0. The van der Waals surface area contributed by atoms with Gasteiger partial charge in [0.1, 0.15) is 6.04 Å². The first kappa shape index (κ1) is 18.0. The van der Waals surface area contributed by atoms with Crippen LogP contribution in [0.3, 0.4) is 0 Å². The van der Waals surface area contributed by atoms with E-state index in [1.165, 1.54) is 24.3 Å². The van der Waals surface area contributed by atoms with Gasteiger partial charge in [0.15, 0.2) is 0 Å². The molecular weight excluding hydrogens is 317 g/mol. The van der Waals surface area contributed by atoms with E-state index in [1.54, 1.807) is 18.2 Å². The van der Waals surface area contributed by atoms with Crippen molar-refractivity contribution in [3.8, 4) is 0 Å². The van der Waals surface area contributed by atoms with Crippen molar-refractivity contribution in [3.05, 3.63) is 65.2 Å². The van der Waals surface area contributed by atoms with Gasteiger partial charge in [0, 0.05) is 5.69 Å². The van der Waals surface area contributed by atoms with Crippen LogP contribution in [0.1, 0.15) is 22.7 Å². The summed E-state index contributed by atoms with van der Waals surface area (Å²) in [5.74, 6) is -0.525. The van der Waals surface area contributed by atoms with E-state index in [1.807, 2.05) is 19.9 Å². The maximum absolute atomic E-state index is 13.2. The number of alkyl halides is 3. The zero-order valence-corrected chi connectivity index (χ0v) is 13.4. The predicted octanol–water partition coefficient (Wildman–Crippen LogP) is 4.14. The van der Waals surface area contributed by atoms with Gasteiger partial charge in [-0.2, -0.15) is 13.2 Å². The summed E-state index contributed by atoms with van der Waals surface area (Å²) < 4.78 is 39.6. The quantitative estimate of drug-likeness (QED) is 0.862. The maximum atomic E-state index is 13.2. The van der Waals surface area contributed by atoms with Crippen molar-refractivity contribution in [1.29, 1.82) is 0 Å². The summed E-state index contributed by atoms with van der Waals surface area (Å²) in [6.07, 6.45) is -4.48. The molecular formula is C18H19F3N2O. The Kier molecular flexibility index (Phi) is 5.62. The summed E-state index contributed by atoms with van der Waals surface area (Å²) in [5, 5.41) is 4.88. The Morgan fingerprint density at radius 1 is 1.04 bits per heavy atom. The van der Waals surface area contributed by atoms with E-state index in [4.69, 9.17) is 0 Å². The first-order valence-corrected chi connectivity index (χ1v) is 7.49. The van der Waals surface area contributed by atoms with Crippen molar-refractivity contribution in [3.63, 3.8) is 0 Å². The van der Waals surface area contributed by atoms with Crippen molar-refractivity contribution in [1.82, 2.24) is 5.32 Å². The van der Waals surface area contributed by atoms with Crippen LogP contribution in [0.4, 0.5) is 18.9 Å². The summed E-state index contributed by atoms with van der Waals surface area (Å²) in [4.78, 5) is 11.9. The number of rotatable bonds is 5. The van der Waals surface area contributed by atoms with Crippen LogP contribution in [-0.4, -0.2) is 18.6 Å². The fourth-order valence-electron chi connectivity index (χ4n) is 2.29. The Balaban J connectivity index is 2.01. The molecule has 2 aromatic rings. The molecule has 2 aromatic carbocycles. The van der Waals surface area contributed by atoms with Gasteiger partial charge in [0.2, 0.25) is 5.91 Å². The van der Waals surface area contributed by atoms with E-state index in [9.17, 15) is 18.0 Å². The maximum Gasteiger partial charge on any atom is 0.407 e. The lowest BCUT2D eigenvalue weighted by Crippen LogP contribution is -2.38. The van der Waals surface area contributed by atoms with Crippen LogP contribution in [0.25, 0.3) is 0 Å². The third-order valence-corrected chi connectivity index (χ3v) is 3.72. The highest BCUT2D eigenvalue weighted by molar-refractivity contribution is 5.92. The van der Waals surface area contributed by atoms with Crippen molar-refractivity contribution in [2.75, 3.05) is 11.9 Å². The Bertz CT molecular complexity index is 699. The molecule has 1 amide bonds. The fourth-order valence-corrected chi connectivity index (χ4v) is 2.29. The second-order valence-electron chi connectivity index (χ2n) is 5.61. The number of amides is 1. The van der Waals surface area contributed by atoms with Crippen LogP contribution in [-0.2, 0) is 4.79 Å². The van der Waals surface area contributed by atoms with Gasteiger partial charge in [-0.1, -0.05) is 36.4 Å². The summed E-state index contributed by atoms with van der Waals surface area (Å²) in [5.41, 5.74) is 2.71. The Morgan fingerprint density at radius 2 is 1.71 bits per heavy atom. The van der Waals surface area contributed by atoms with Gasteiger partial charge in [-0.3, -0.25) is 10.1 Å². The smallest absolute Gasteiger partial charge is 0.325 e. The second kappa shape index (κ2) is 7.49. The van der Waals surface area contributed by atoms with Crippen molar-refractivity contribution in [2.24, 2.45) is 0 Å². The number of nitrogens with one attached hydrogen (secondary N) is 2. The molecule has 2 N–H and O–H groups in total. The van der Waals surface area contributed by atoms with Crippen molar-refractivity contribution in [2.45, 2.75) is 26.1 Å². The van der Waals surface area contributed by atoms with Crippen LogP contribution in [0.15, 0.2) is 48.5 Å². The third-order valence-electron chi connectivity index (χ3n) is 3.72. The fraction of sp³-hybridized carbons (Fsp3) is 0.278. The lowest BCUT2D eigenvalue weighted by Gasteiger charge is -2.22. The molecule has 0 fully saturated rings. The summed E-state index contributed by atoms with van der Waals surface area (Å²) in [6.45, 7) is 3.40. The molecule has 0 radical (unpaired) electrons. The molecule has 0 aliphatic carbocycles. The normalized spacial score (nSPS) is 12.7. The van der Waals surface area contributed by atoms with E-state index < -0.39 is 24.7 Å². The van der Waals surface area contributed by atoms with Gasteiger partial charge in [0.25, 0.3) is 0 Å². The van der Waals surface area contributed by atoms with Crippen molar-refractivity contribution < 1.29 is 18.0 Å². The highest BCUT2D eigenvalue weighted by Gasteiger charge is 2.40. The standard InChI is InChI=1S/C18H19F3N2O/c1-12-8-9-15(10-13(12)2)23-16(24)11-22-17(18(19,20)21)14-6-4-3-5-7-14/h3-10,17,22H,11H2,1-2H3,(H,23,24). The molecule has 0 aromatic heterocycles. The zero-order chi connectivity index (χ0) is 17.7. The highest BCUT2D eigenvalue weighted by Crippen LogP contribution is 2.32. The SMILES string of the molecule is Cc1ccc(NC(=O)CNC(c2ccccc2)C(F)(F)F)cc1C. The number of carbonyl (C=O) groups is 1. The zero-order valence-electron chi connectivity index (χ0n) is 13.4. The van der Waals surface area contributed by atoms with Gasteiger partial charge in [-0.25, -0.2) is 0 Å². The van der Waals surface area contributed by atoms with Crippen LogP contribution >= 0.6 is 0 Å². The number of carbonyl (C=O) groups excluding carboxylic acids is 1. The Labute approximate surface area is 138 Å². The molecule has 0 heterocycles. The van der Waals surface area contributed by atoms with E-state index >= 15 is 0 Å². The van der Waals surface area contributed by atoms with Crippen LogP contribution in [0, 0.1) is 13.8 Å². The second-order valence-corrected chi connectivity index (χ2v) is 5.61. The summed E-state index contributed by atoms with van der Waals surface area (Å²) in [6, 6.07) is 10.9. The lowest BCUT2D eigenvalue weighted by atomic mass is 10.1. The number of aryl methyl sites for hydroxylation is 2. The first-order chi connectivity index (χ1) is 11.3. The number of hydrogen-bond donors (Lipinski definition) is 2. The highest BCUT2D eigenvalue weighted by atomic mass is 19.4. The number of hydrogen-bond acceptors (Lipinski definition) is 2. The molecule has 0 aliphatic heterocycles. The van der Waals surface area contributed by atoms with Crippen LogP contribution < -0.4 is 10.6 Å². The largest absolute Gasteiger partial charge is 0.407 e. The molecule has 128 valence electrons. The first-order valence-electron chi connectivity index (χ1n) is 7.49. The molecule has 1 atom stereocenters. The van der Waals surface area contributed by atoms with Crippen LogP contribution in [0.5, 0.6) is 0 Å². The predicted molar refractivity (Wildman–Crippen MR) is 87.8 cm³/mol. The van der Waals surface area contributed by atoms with E-state index in [0.29, 0.717) is 5.69 Å². The average Bonchev–Trinajstić information content (AvgIpc) is 2.51. The molecule has 0 bridgehead atoms. The van der Waals surface area contributed by atoms with Crippen LogP contribution in [0.2, 0.25) is 0 Å². The van der Waals surface area contributed by atoms with Gasteiger partial charge in [-0.15, -0.1) is 0 Å². The number of anilines is 1. The molecule has 0 aliphatic rings. The minimum Gasteiger partial charge on any atom is -0.325 e. The molecule has 1 unspecified atom stereocenters. The Hall–Kier alpha value is -2.34. The number of benzene rings is 2. The molecule has 0 saturated heterocycles. The molecule has 24 heavy (non-hydrogen) atoms. The topological polar surface area (TPSA) is 41.1 Å². The van der Waals surface area contributed by atoms with Gasteiger partial charge in [-0.05, 0) is 42.7 Å². The molecule has 2 rings (SSSR count). The molecule has 3 nitrogen and oxygen atoms in total. The average molecular weight is 336 g/mol. The number of halogens is 3. The van der Waals surface area contributed by atoms with Gasteiger partial charge < -0.3 is 5.32 Å². The lowest BCUT2D eigenvalue weighted by molar-refractivity contribution is -0.158. The minimum absolute atomic E-state index is 0.0731. The third kappa shape index (κ3) is 4.83. The van der Waals surface area contributed by atoms with E-state index in [0.717, 1.165) is 11.1 Å². The van der Waals surface area contributed by atoms with E-state index in [-0.39, 0.29) is 5.56 Å². The van der Waals surface area contributed by atoms with Crippen molar-refractivity contribution >= 4 is 11.6 Å². The molecule has 0 spiro atoms. The molecule has 6 heteroatoms. The summed E-state index contributed by atoms with van der Waals surface area (Å²) in [7, 11) is 0.